The van der Waals surface area contributed by atoms with Gasteiger partial charge in [-0.2, -0.15) is 13.2 Å². The first kappa shape index (κ1) is 16.1. The summed E-state index contributed by atoms with van der Waals surface area (Å²) in [5.41, 5.74) is -3.05. The first-order valence-electron chi connectivity index (χ1n) is 5.97. The maximum Gasteiger partial charge on any atom is 0.446 e. The molecule has 0 radical (unpaired) electrons. The van der Waals surface area contributed by atoms with Gasteiger partial charge in [0.25, 0.3) is 0 Å². The van der Waals surface area contributed by atoms with E-state index in [1.807, 2.05) is 0 Å². The van der Waals surface area contributed by atoms with Crippen molar-refractivity contribution < 1.29 is 18.3 Å². The minimum Gasteiger partial charge on any atom is -0.388 e. The molecule has 0 fully saturated rings. The van der Waals surface area contributed by atoms with Crippen molar-refractivity contribution in [3.63, 3.8) is 0 Å². The fraction of sp³-hybridized carbons (Fsp3) is 0.214. The van der Waals surface area contributed by atoms with Gasteiger partial charge in [0.2, 0.25) is 0 Å². The molecule has 1 atom stereocenters. The molecule has 1 unspecified atom stereocenters. The molecule has 0 amide bonds. The molecule has 0 bridgehead atoms. The number of aromatic nitrogens is 1. The van der Waals surface area contributed by atoms with Crippen molar-refractivity contribution in [2.75, 3.05) is 0 Å². The standard InChI is InChI=1S/C14H11ClF3NOS/c15-12-8-19-6-5-10(12)7-13(20)9-1-3-11(4-2-9)21-14(16,17)18/h1-6,8,13,20H,7H2. The van der Waals surface area contributed by atoms with Crippen LogP contribution in [0.15, 0.2) is 47.6 Å². The molecule has 1 N–H and O–H groups in total. The lowest BCUT2D eigenvalue weighted by Gasteiger charge is -2.13. The van der Waals surface area contributed by atoms with Crippen LogP contribution in [0.3, 0.4) is 0 Å². The van der Waals surface area contributed by atoms with Gasteiger partial charge < -0.3 is 5.11 Å². The maximum atomic E-state index is 12.2. The zero-order chi connectivity index (χ0) is 15.5. The van der Waals surface area contributed by atoms with Crippen molar-refractivity contribution >= 4 is 23.4 Å². The van der Waals surface area contributed by atoms with Gasteiger partial charge in [0.1, 0.15) is 0 Å². The van der Waals surface area contributed by atoms with E-state index in [2.05, 4.69) is 4.98 Å². The van der Waals surface area contributed by atoms with Crippen LogP contribution in [0.4, 0.5) is 13.2 Å². The van der Waals surface area contributed by atoms with E-state index in [1.165, 1.54) is 30.5 Å². The molecule has 0 aliphatic carbocycles. The molecular formula is C14H11ClF3NOS. The van der Waals surface area contributed by atoms with Gasteiger partial charge in [-0.25, -0.2) is 0 Å². The fourth-order valence-electron chi connectivity index (χ4n) is 1.79. The Hall–Kier alpha value is -1.24. The lowest BCUT2D eigenvalue weighted by atomic mass is 10.0. The number of hydrogen-bond acceptors (Lipinski definition) is 3. The van der Waals surface area contributed by atoms with Crippen LogP contribution in [0.25, 0.3) is 0 Å². The van der Waals surface area contributed by atoms with Crippen molar-refractivity contribution in [2.24, 2.45) is 0 Å². The van der Waals surface area contributed by atoms with Crippen LogP contribution in [0.1, 0.15) is 17.2 Å². The summed E-state index contributed by atoms with van der Waals surface area (Å²) >= 11 is 5.77. The fourth-order valence-corrected chi connectivity index (χ4v) is 2.52. The average Bonchev–Trinajstić information content (AvgIpc) is 2.40. The average molecular weight is 334 g/mol. The first-order valence-corrected chi connectivity index (χ1v) is 7.17. The van der Waals surface area contributed by atoms with Crippen LogP contribution in [-0.4, -0.2) is 15.6 Å². The van der Waals surface area contributed by atoms with Crippen LogP contribution in [-0.2, 0) is 6.42 Å². The third kappa shape index (κ3) is 4.91. The summed E-state index contributed by atoms with van der Waals surface area (Å²) in [4.78, 5) is 3.93. The number of alkyl halides is 3. The van der Waals surface area contributed by atoms with Crippen molar-refractivity contribution in [1.82, 2.24) is 4.98 Å². The molecule has 112 valence electrons. The normalized spacial score (nSPS) is 13.2. The lowest BCUT2D eigenvalue weighted by molar-refractivity contribution is -0.0328. The molecule has 2 rings (SSSR count). The molecule has 1 aromatic heterocycles. The van der Waals surface area contributed by atoms with Crippen LogP contribution in [0, 0.1) is 0 Å². The predicted octanol–water partition coefficient (Wildman–Crippen LogP) is 4.62. The number of nitrogens with zero attached hydrogens (tertiary/aromatic N) is 1. The zero-order valence-corrected chi connectivity index (χ0v) is 12.2. The Morgan fingerprint density at radius 2 is 1.86 bits per heavy atom. The van der Waals surface area contributed by atoms with Crippen molar-refractivity contribution in [3.8, 4) is 0 Å². The number of aliphatic hydroxyl groups is 1. The summed E-state index contributed by atoms with van der Waals surface area (Å²) in [5, 5.41) is 10.6. The van der Waals surface area contributed by atoms with Crippen LogP contribution < -0.4 is 0 Å². The summed E-state index contributed by atoms with van der Waals surface area (Å²) in [5.74, 6) is 0. The SMILES string of the molecule is OC(Cc1ccncc1Cl)c1ccc(SC(F)(F)F)cc1. The molecule has 2 aromatic rings. The van der Waals surface area contributed by atoms with Gasteiger partial charge in [0, 0.05) is 23.7 Å². The molecule has 21 heavy (non-hydrogen) atoms. The number of hydrogen-bond donors (Lipinski definition) is 1. The molecule has 1 heterocycles. The smallest absolute Gasteiger partial charge is 0.388 e. The number of benzene rings is 1. The maximum absolute atomic E-state index is 12.2. The van der Waals surface area contributed by atoms with E-state index < -0.39 is 11.6 Å². The van der Waals surface area contributed by atoms with Gasteiger partial charge in [0.05, 0.1) is 11.1 Å². The predicted molar refractivity (Wildman–Crippen MR) is 76.3 cm³/mol. The third-order valence-electron chi connectivity index (χ3n) is 2.77. The highest BCUT2D eigenvalue weighted by Crippen LogP contribution is 2.37. The second-order valence-corrected chi connectivity index (χ2v) is 5.85. The molecule has 0 saturated heterocycles. The second-order valence-electron chi connectivity index (χ2n) is 4.30. The van der Waals surface area contributed by atoms with E-state index in [0.29, 0.717) is 10.6 Å². The summed E-state index contributed by atoms with van der Waals surface area (Å²) in [7, 11) is 0. The Bertz CT molecular complexity index is 604. The van der Waals surface area contributed by atoms with E-state index in [4.69, 9.17) is 11.6 Å². The lowest BCUT2D eigenvalue weighted by Crippen LogP contribution is -2.03. The monoisotopic (exact) mass is 333 g/mol. The van der Waals surface area contributed by atoms with Gasteiger partial charge in [0.15, 0.2) is 0 Å². The Balaban J connectivity index is 2.06. The second kappa shape index (κ2) is 6.68. The van der Waals surface area contributed by atoms with E-state index >= 15 is 0 Å². The van der Waals surface area contributed by atoms with Gasteiger partial charge >= 0.3 is 5.51 Å². The van der Waals surface area contributed by atoms with Crippen LogP contribution >= 0.6 is 23.4 Å². The van der Waals surface area contributed by atoms with E-state index in [-0.39, 0.29) is 23.1 Å². The zero-order valence-electron chi connectivity index (χ0n) is 10.6. The van der Waals surface area contributed by atoms with E-state index in [9.17, 15) is 18.3 Å². The van der Waals surface area contributed by atoms with Gasteiger partial charge in [-0.1, -0.05) is 23.7 Å². The molecule has 1 aromatic carbocycles. The van der Waals surface area contributed by atoms with Crippen molar-refractivity contribution in [3.05, 3.63) is 58.9 Å². The molecular weight excluding hydrogens is 323 g/mol. The van der Waals surface area contributed by atoms with Crippen LogP contribution in [0.5, 0.6) is 0 Å². The van der Waals surface area contributed by atoms with Crippen molar-refractivity contribution in [1.29, 1.82) is 0 Å². The van der Waals surface area contributed by atoms with Crippen molar-refractivity contribution in [2.45, 2.75) is 22.9 Å². The summed E-state index contributed by atoms with van der Waals surface area (Å²) in [6, 6.07) is 7.33. The Labute approximate surface area is 129 Å². The molecule has 0 aliphatic rings. The first-order chi connectivity index (χ1) is 9.85. The highest BCUT2D eigenvalue weighted by atomic mass is 35.5. The number of aliphatic hydroxyl groups excluding tert-OH is 1. The third-order valence-corrected chi connectivity index (χ3v) is 3.85. The quantitative estimate of drug-likeness (QED) is 0.829. The Morgan fingerprint density at radius 3 is 2.43 bits per heavy atom. The van der Waals surface area contributed by atoms with E-state index in [0.717, 1.165) is 5.56 Å². The largest absolute Gasteiger partial charge is 0.446 e. The summed E-state index contributed by atoms with van der Waals surface area (Å²) in [6.07, 6.45) is 2.48. The number of thioether (sulfide) groups is 1. The summed E-state index contributed by atoms with van der Waals surface area (Å²) in [6.45, 7) is 0. The van der Waals surface area contributed by atoms with Gasteiger partial charge in [-0.05, 0) is 41.1 Å². The van der Waals surface area contributed by atoms with Crippen LogP contribution in [0.2, 0.25) is 5.02 Å². The number of rotatable bonds is 4. The van der Waals surface area contributed by atoms with E-state index in [1.54, 1.807) is 12.3 Å². The number of halogens is 4. The minimum atomic E-state index is -4.31. The Kier molecular flexibility index (Phi) is 5.13. The molecule has 0 saturated carbocycles. The molecule has 0 spiro atoms. The molecule has 2 nitrogen and oxygen atoms in total. The Morgan fingerprint density at radius 1 is 1.19 bits per heavy atom. The topological polar surface area (TPSA) is 33.1 Å². The van der Waals surface area contributed by atoms with Gasteiger partial charge in [-0.15, -0.1) is 0 Å². The number of pyridine rings is 1. The highest BCUT2D eigenvalue weighted by molar-refractivity contribution is 8.00. The highest BCUT2D eigenvalue weighted by Gasteiger charge is 2.29. The van der Waals surface area contributed by atoms with Gasteiger partial charge in [-0.3, -0.25) is 4.98 Å². The minimum absolute atomic E-state index is 0.0837. The molecule has 7 heteroatoms. The molecule has 0 aliphatic heterocycles. The summed E-state index contributed by atoms with van der Waals surface area (Å²) < 4.78 is 36.7.